The van der Waals surface area contributed by atoms with E-state index in [1.165, 1.54) is 0 Å². The Hall–Kier alpha value is -2.63. The minimum atomic E-state index is -2.98. The molecule has 26 heavy (non-hydrogen) atoms. The molecule has 0 spiro atoms. The van der Waals surface area contributed by atoms with Crippen molar-refractivity contribution in [3.05, 3.63) is 102 Å². The number of hydrogen-bond acceptors (Lipinski definition) is 1. The number of hydrogen-bond donors (Lipinski definition) is 0. The van der Waals surface area contributed by atoms with Crippen molar-refractivity contribution >= 4 is 33.8 Å². The Labute approximate surface area is 154 Å². The average molecular weight is 356 g/mol. The number of benzene rings is 4. The lowest BCUT2D eigenvalue weighted by Gasteiger charge is -2.22. The van der Waals surface area contributed by atoms with Gasteiger partial charge < -0.3 is 4.57 Å². The molecule has 0 amide bonds. The van der Waals surface area contributed by atoms with Gasteiger partial charge in [0, 0.05) is 15.9 Å². The topological polar surface area (TPSA) is 17.1 Å². The van der Waals surface area contributed by atoms with Crippen LogP contribution in [0.1, 0.15) is 11.1 Å². The van der Waals surface area contributed by atoms with Crippen LogP contribution in [0.5, 0.6) is 0 Å². The zero-order valence-corrected chi connectivity index (χ0v) is 15.9. The molecular formula is C24H21OP. The second kappa shape index (κ2) is 6.59. The van der Waals surface area contributed by atoms with E-state index in [1.54, 1.807) is 0 Å². The van der Waals surface area contributed by atoms with Gasteiger partial charge in [-0.05, 0) is 36.8 Å². The zero-order chi connectivity index (χ0) is 18.1. The van der Waals surface area contributed by atoms with Crippen LogP contribution in [-0.4, -0.2) is 0 Å². The van der Waals surface area contributed by atoms with Gasteiger partial charge in [0.15, 0.2) is 7.14 Å². The summed E-state index contributed by atoms with van der Waals surface area (Å²) in [5.74, 6) is 0. The Bertz CT molecular complexity index is 1090. The molecule has 4 rings (SSSR count). The third kappa shape index (κ3) is 2.79. The molecule has 0 aromatic heterocycles. The van der Waals surface area contributed by atoms with Crippen molar-refractivity contribution in [3.8, 4) is 0 Å². The molecule has 128 valence electrons. The van der Waals surface area contributed by atoms with E-state index in [1.807, 2.05) is 74.5 Å². The van der Waals surface area contributed by atoms with Crippen LogP contribution in [0.15, 0.2) is 91.0 Å². The van der Waals surface area contributed by atoms with Crippen LogP contribution in [0.4, 0.5) is 0 Å². The van der Waals surface area contributed by atoms with Gasteiger partial charge in [0.05, 0.1) is 0 Å². The first kappa shape index (κ1) is 16.8. The monoisotopic (exact) mass is 356 g/mol. The van der Waals surface area contributed by atoms with Crippen LogP contribution in [0, 0.1) is 13.8 Å². The third-order valence-electron chi connectivity index (χ3n) is 4.84. The van der Waals surface area contributed by atoms with Gasteiger partial charge >= 0.3 is 0 Å². The summed E-state index contributed by atoms with van der Waals surface area (Å²) >= 11 is 0. The highest BCUT2D eigenvalue weighted by Crippen LogP contribution is 2.44. The van der Waals surface area contributed by atoms with Gasteiger partial charge in [-0.25, -0.2) is 0 Å². The number of rotatable bonds is 3. The molecule has 0 aliphatic heterocycles. The van der Waals surface area contributed by atoms with Crippen molar-refractivity contribution in [1.29, 1.82) is 0 Å². The molecule has 0 radical (unpaired) electrons. The molecular weight excluding hydrogens is 335 g/mol. The molecule has 4 aromatic rings. The number of aryl methyl sites for hydroxylation is 2. The smallest absolute Gasteiger partial charge is 0.171 e. The maximum atomic E-state index is 14.7. The highest BCUT2D eigenvalue weighted by atomic mass is 31.2. The summed E-state index contributed by atoms with van der Waals surface area (Å²) in [7, 11) is -2.98. The summed E-state index contributed by atoms with van der Waals surface area (Å²) < 4.78 is 14.7. The van der Waals surface area contributed by atoms with E-state index < -0.39 is 7.14 Å². The van der Waals surface area contributed by atoms with Crippen molar-refractivity contribution in [2.75, 3.05) is 0 Å². The Morgan fingerprint density at radius 3 is 1.77 bits per heavy atom. The molecule has 0 N–H and O–H groups in total. The Balaban J connectivity index is 2.11. The highest BCUT2D eigenvalue weighted by Gasteiger charge is 2.31. The quantitative estimate of drug-likeness (QED) is 0.467. The first-order chi connectivity index (χ1) is 12.6. The highest BCUT2D eigenvalue weighted by molar-refractivity contribution is 7.85. The Morgan fingerprint density at radius 1 is 0.615 bits per heavy atom. The van der Waals surface area contributed by atoms with Crippen LogP contribution >= 0.6 is 7.14 Å². The lowest BCUT2D eigenvalue weighted by atomic mass is 10.1. The first-order valence-corrected chi connectivity index (χ1v) is 10.5. The summed E-state index contributed by atoms with van der Waals surface area (Å²) in [4.78, 5) is 0. The molecule has 0 bridgehead atoms. The van der Waals surface area contributed by atoms with Crippen molar-refractivity contribution in [2.24, 2.45) is 0 Å². The van der Waals surface area contributed by atoms with E-state index in [9.17, 15) is 4.57 Å². The summed E-state index contributed by atoms with van der Waals surface area (Å²) in [6.07, 6.45) is 0. The minimum Gasteiger partial charge on any atom is -0.309 e. The summed E-state index contributed by atoms with van der Waals surface area (Å²) in [6, 6.07) is 30.5. The SMILES string of the molecule is Cc1cccc(P(=O)(c2cccc(C)c2)c2cccc3ccccc23)c1. The Kier molecular flexibility index (Phi) is 4.26. The second-order valence-corrected chi connectivity index (χ2v) is 9.52. The van der Waals surface area contributed by atoms with Gasteiger partial charge in [-0.15, -0.1) is 0 Å². The Morgan fingerprint density at radius 2 is 1.15 bits per heavy atom. The minimum absolute atomic E-state index is 0.888. The first-order valence-electron chi connectivity index (χ1n) is 8.82. The molecule has 0 aliphatic rings. The largest absolute Gasteiger partial charge is 0.309 e. The molecule has 0 saturated heterocycles. The van der Waals surface area contributed by atoms with E-state index in [0.717, 1.165) is 37.8 Å². The van der Waals surface area contributed by atoms with Crippen molar-refractivity contribution in [2.45, 2.75) is 13.8 Å². The molecule has 4 aromatic carbocycles. The van der Waals surface area contributed by atoms with Crippen LogP contribution in [0.2, 0.25) is 0 Å². The summed E-state index contributed by atoms with van der Waals surface area (Å²) in [5.41, 5.74) is 2.24. The third-order valence-corrected chi connectivity index (χ3v) is 7.92. The molecule has 0 heterocycles. The van der Waals surface area contributed by atoms with Gasteiger partial charge in [-0.2, -0.15) is 0 Å². The maximum Gasteiger partial charge on any atom is 0.171 e. The fourth-order valence-corrected chi connectivity index (χ4v) is 6.61. The van der Waals surface area contributed by atoms with Crippen molar-refractivity contribution < 1.29 is 4.57 Å². The molecule has 0 fully saturated rings. The predicted octanol–water partition coefficient (Wildman–Crippen LogP) is 5.10. The molecule has 2 heteroatoms. The fourth-order valence-electron chi connectivity index (χ4n) is 3.56. The van der Waals surface area contributed by atoms with E-state index in [4.69, 9.17) is 0 Å². The van der Waals surface area contributed by atoms with E-state index in [-0.39, 0.29) is 0 Å². The average Bonchev–Trinajstić information content (AvgIpc) is 2.67. The lowest BCUT2D eigenvalue weighted by Crippen LogP contribution is -2.26. The van der Waals surface area contributed by atoms with E-state index in [2.05, 4.69) is 30.3 Å². The van der Waals surface area contributed by atoms with Gasteiger partial charge in [-0.1, -0.05) is 90.0 Å². The van der Waals surface area contributed by atoms with Gasteiger partial charge in [0.2, 0.25) is 0 Å². The van der Waals surface area contributed by atoms with Gasteiger partial charge in [0.25, 0.3) is 0 Å². The van der Waals surface area contributed by atoms with E-state index in [0.29, 0.717) is 0 Å². The lowest BCUT2D eigenvalue weighted by molar-refractivity contribution is 0.592. The maximum absolute atomic E-state index is 14.7. The van der Waals surface area contributed by atoms with Crippen LogP contribution in [-0.2, 0) is 4.57 Å². The molecule has 1 nitrogen and oxygen atoms in total. The molecule has 0 atom stereocenters. The van der Waals surface area contributed by atoms with Crippen LogP contribution in [0.25, 0.3) is 10.8 Å². The van der Waals surface area contributed by atoms with Crippen LogP contribution in [0.3, 0.4) is 0 Å². The van der Waals surface area contributed by atoms with Crippen LogP contribution < -0.4 is 15.9 Å². The van der Waals surface area contributed by atoms with Gasteiger partial charge in [0.1, 0.15) is 0 Å². The molecule has 0 aliphatic carbocycles. The predicted molar refractivity (Wildman–Crippen MR) is 113 cm³/mol. The fraction of sp³-hybridized carbons (Fsp3) is 0.0833. The van der Waals surface area contributed by atoms with Crippen molar-refractivity contribution in [1.82, 2.24) is 0 Å². The van der Waals surface area contributed by atoms with E-state index >= 15 is 0 Å². The number of fused-ring (bicyclic) bond motifs is 1. The zero-order valence-electron chi connectivity index (χ0n) is 15.0. The second-order valence-electron chi connectivity index (χ2n) is 6.79. The van der Waals surface area contributed by atoms with Crippen molar-refractivity contribution in [3.63, 3.8) is 0 Å². The molecule has 0 saturated carbocycles. The summed E-state index contributed by atoms with van der Waals surface area (Å²) in [6.45, 7) is 4.10. The molecule has 0 unspecified atom stereocenters. The summed E-state index contributed by atoms with van der Waals surface area (Å²) in [5, 5.41) is 4.86. The van der Waals surface area contributed by atoms with Gasteiger partial charge in [-0.3, -0.25) is 0 Å². The standard InChI is InChI=1S/C24H21OP/c1-18-8-5-12-21(16-18)26(25,22-13-6-9-19(2)17-22)24-15-7-11-20-10-3-4-14-23(20)24/h3-17H,1-2H3. The normalized spacial score (nSPS) is 11.6.